The van der Waals surface area contributed by atoms with Gasteiger partial charge in [0.25, 0.3) is 0 Å². The number of hydrogen-bond acceptors (Lipinski definition) is 3. The average molecular weight is 473 g/mol. The van der Waals surface area contributed by atoms with Gasteiger partial charge >= 0.3 is 0 Å². The first-order valence-corrected chi connectivity index (χ1v) is 15.1. The van der Waals surface area contributed by atoms with Crippen LogP contribution in [0.25, 0.3) is 0 Å². The van der Waals surface area contributed by atoms with Gasteiger partial charge in [0.1, 0.15) is 0 Å². The van der Waals surface area contributed by atoms with Crippen molar-refractivity contribution in [2.75, 3.05) is 21.3 Å². The smallest absolute Gasteiger partial charge is 0.0686 e. The summed E-state index contributed by atoms with van der Waals surface area (Å²) in [5.74, 6) is 8.16. The Balaban J connectivity index is 0.0000000964. The van der Waals surface area contributed by atoms with Gasteiger partial charge in [-0.3, -0.25) is 0 Å². The molecule has 3 heteroatoms. The molecule has 0 radical (unpaired) electrons. The van der Waals surface area contributed by atoms with Crippen molar-refractivity contribution in [1.82, 2.24) is 0 Å². The minimum absolute atomic E-state index is 0.328. The van der Waals surface area contributed by atoms with Crippen LogP contribution in [0.15, 0.2) is 0 Å². The summed E-state index contributed by atoms with van der Waals surface area (Å²) in [4.78, 5) is 0. The summed E-state index contributed by atoms with van der Waals surface area (Å²) in [6.07, 6.45) is 25.0. The van der Waals surface area contributed by atoms with Crippen LogP contribution >= 0.6 is 0 Å². The van der Waals surface area contributed by atoms with Crippen LogP contribution < -0.4 is 0 Å². The van der Waals surface area contributed by atoms with Crippen molar-refractivity contribution in [1.29, 1.82) is 0 Å². The van der Waals surface area contributed by atoms with Crippen molar-refractivity contribution in [3.8, 4) is 0 Å². The second-order valence-corrected chi connectivity index (χ2v) is 14.3. The fourth-order valence-corrected chi connectivity index (χ4v) is 11.1. The topological polar surface area (TPSA) is 27.7 Å². The number of hydrogen-bond donors (Lipinski definition) is 0. The molecule has 0 N–H and O–H groups in total. The molecule has 0 amide bonds. The Morgan fingerprint density at radius 2 is 0.882 bits per heavy atom. The predicted molar refractivity (Wildman–Crippen MR) is 137 cm³/mol. The van der Waals surface area contributed by atoms with Crippen molar-refractivity contribution in [3.05, 3.63) is 0 Å². The van der Waals surface area contributed by atoms with Crippen LogP contribution in [0.3, 0.4) is 0 Å². The van der Waals surface area contributed by atoms with E-state index < -0.39 is 0 Å². The van der Waals surface area contributed by atoms with Gasteiger partial charge in [-0.15, -0.1) is 0 Å². The monoisotopic (exact) mass is 472 g/mol. The van der Waals surface area contributed by atoms with E-state index in [1.807, 2.05) is 21.3 Å². The molecular weight excluding hydrogens is 420 g/mol. The Labute approximate surface area is 209 Å². The van der Waals surface area contributed by atoms with Crippen molar-refractivity contribution in [3.63, 3.8) is 0 Å². The maximum absolute atomic E-state index is 5.75. The molecule has 0 atom stereocenters. The van der Waals surface area contributed by atoms with Crippen molar-refractivity contribution in [2.45, 2.75) is 126 Å². The third-order valence-corrected chi connectivity index (χ3v) is 12.3. The van der Waals surface area contributed by atoms with Crippen molar-refractivity contribution in [2.24, 2.45) is 47.3 Å². The number of fused-ring (bicyclic) bond motifs is 3. The molecule has 0 unspecified atom stereocenters. The molecule has 10 bridgehead atoms. The van der Waals surface area contributed by atoms with Gasteiger partial charge in [0.05, 0.1) is 17.3 Å². The van der Waals surface area contributed by atoms with Gasteiger partial charge in [0.15, 0.2) is 0 Å². The molecule has 34 heavy (non-hydrogen) atoms. The Hall–Kier alpha value is -0.120. The van der Waals surface area contributed by atoms with E-state index in [0.717, 1.165) is 47.3 Å². The lowest BCUT2D eigenvalue weighted by molar-refractivity contribution is -0.145. The first-order valence-electron chi connectivity index (χ1n) is 15.1. The van der Waals surface area contributed by atoms with Gasteiger partial charge in [0.2, 0.25) is 0 Å². The van der Waals surface area contributed by atoms with E-state index in [0.29, 0.717) is 17.3 Å². The summed E-state index contributed by atoms with van der Waals surface area (Å²) in [5, 5.41) is 0. The number of rotatable bonds is 3. The van der Waals surface area contributed by atoms with Gasteiger partial charge in [-0.1, -0.05) is 0 Å². The third-order valence-electron chi connectivity index (χ3n) is 12.3. The quantitative estimate of drug-likeness (QED) is 0.428. The molecule has 11 fully saturated rings. The zero-order valence-electron chi connectivity index (χ0n) is 22.4. The molecule has 0 heterocycles. The second kappa shape index (κ2) is 9.64. The third kappa shape index (κ3) is 4.65. The molecule has 0 saturated heterocycles. The Kier molecular flexibility index (Phi) is 6.87. The molecule has 194 valence electrons. The Morgan fingerprint density at radius 1 is 0.471 bits per heavy atom. The van der Waals surface area contributed by atoms with E-state index >= 15 is 0 Å². The normalized spacial score (nSPS) is 53.2. The summed E-state index contributed by atoms with van der Waals surface area (Å²) in [5.41, 5.74) is 0.670. The zero-order valence-corrected chi connectivity index (χ0v) is 22.4. The van der Waals surface area contributed by atoms with Gasteiger partial charge in [-0.25, -0.2) is 0 Å². The van der Waals surface area contributed by atoms with E-state index in [4.69, 9.17) is 14.2 Å². The SMILES string of the molecule is COC12CC3CC(CC(C3)C1)C2.COC12CCC(CC1)CC2.COC1C2CC3CC(C2)CC1C3. The molecule has 0 aromatic carbocycles. The molecule has 0 aromatic rings. The molecule has 11 aliphatic carbocycles. The molecule has 11 aliphatic rings. The van der Waals surface area contributed by atoms with E-state index in [-0.39, 0.29) is 0 Å². The van der Waals surface area contributed by atoms with Crippen LogP contribution in [0, 0.1) is 47.3 Å². The van der Waals surface area contributed by atoms with Crippen molar-refractivity contribution < 1.29 is 14.2 Å². The minimum atomic E-state index is 0.328. The van der Waals surface area contributed by atoms with Gasteiger partial charge in [-0.2, -0.15) is 0 Å². The summed E-state index contributed by atoms with van der Waals surface area (Å²) in [6.45, 7) is 0. The Bertz CT molecular complexity index is 616. The van der Waals surface area contributed by atoms with E-state index in [9.17, 15) is 0 Å². The highest BCUT2D eigenvalue weighted by atomic mass is 16.5. The van der Waals surface area contributed by atoms with E-state index in [2.05, 4.69) is 0 Å². The van der Waals surface area contributed by atoms with Crippen LogP contribution in [0.2, 0.25) is 0 Å². The highest BCUT2D eigenvalue weighted by molar-refractivity contribution is 5.03. The first-order chi connectivity index (χ1) is 16.5. The second-order valence-electron chi connectivity index (χ2n) is 14.3. The van der Waals surface area contributed by atoms with Crippen LogP contribution in [0.5, 0.6) is 0 Å². The van der Waals surface area contributed by atoms with E-state index in [1.165, 1.54) is 103 Å². The maximum atomic E-state index is 5.75. The minimum Gasteiger partial charge on any atom is -0.381 e. The highest BCUT2D eigenvalue weighted by Gasteiger charge is 2.51. The lowest BCUT2D eigenvalue weighted by atomic mass is 9.54. The van der Waals surface area contributed by atoms with Crippen LogP contribution in [0.1, 0.15) is 109 Å². The van der Waals surface area contributed by atoms with Crippen LogP contribution in [-0.2, 0) is 14.2 Å². The largest absolute Gasteiger partial charge is 0.381 e. The number of ether oxygens (including phenoxy) is 3. The van der Waals surface area contributed by atoms with Gasteiger partial charge in [-0.05, 0) is 156 Å². The summed E-state index contributed by atoms with van der Waals surface area (Å²) in [6, 6.07) is 0. The predicted octanol–water partition coefficient (Wildman–Crippen LogP) is 7.41. The Morgan fingerprint density at radius 3 is 1.24 bits per heavy atom. The van der Waals surface area contributed by atoms with Crippen molar-refractivity contribution >= 4 is 0 Å². The molecule has 11 rings (SSSR count). The lowest BCUT2D eigenvalue weighted by Crippen LogP contribution is -2.51. The molecule has 11 saturated carbocycles. The lowest BCUT2D eigenvalue weighted by Gasteiger charge is -2.55. The fourth-order valence-electron chi connectivity index (χ4n) is 11.1. The zero-order chi connectivity index (χ0) is 23.3. The summed E-state index contributed by atoms with van der Waals surface area (Å²) in [7, 11) is 5.71. The fraction of sp³-hybridized carbons (Fsp3) is 1.00. The number of methoxy groups -OCH3 is 3. The average Bonchev–Trinajstić information content (AvgIpc) is 2.85. The highest BCUT2D eigenvalue weighted by Crippen LogP contribution is 2.57. The van der Waals surface area contributed by atoms with Gasteiger partial charge < -0.3 is 14.2 Å². The summed E-state index contributed by atoms with van der Waals surface area (Å²) >= 11 is 0. The molecule has 0 aromatic heterocycles. The van der Waals surface area contributed by atoms with Crippen LogP contribution in [-0.4, -0.2) is 38.6 Å². The first kappa shape index (κ1) is 24.2. The maximum Gasteiger partial charge on any atom is 0.0686 e. The van der Waals surface area contributed by atoms with E-state index in [1.54, 1.807) is 6.42 Å². The molecule has 0 spiro atoms. The molecular formula is C31H52O3. The standard InChI is InChI=1S/2C11H18O.C9H16O/c1-12-11-5-8-2-9(6-11)4-10(3-8)7-11;1-12-11-9-3-7-2-8(5-9)6-10(11)4-7;1-10-9-5-2-8(3-6-9)4-7-9/h8-10H,2-7H2,1H3;7-11H,2-6H2,1H3;8H,2-7H2,1H3. The molecule has 0 aliphatic heterocycles. The molecule has 3 nitrogen and oxygen atoms in total. The van der Waals surface area contributed by atoms with Gasteiger partial charge in [0, 0.05) is 21.3 Å². The van der Waals surface area contributed by atoms with Crippen LogP contribution in [0.4, 0.5) is 0 Å². The summed E-state index contributed by atoms with van der Waals surface area (Å²) < 4.78 is 16.9.